The molecule has 0 aromatic rings. The molecule has 13 heavy (non-hydrogen) atoms. The zero-order valence-electron chi connectivity index (χ0n) is 7.96. The fourth-order valence-corrected chi connectivity index (χ4v) is 0.754. The number of hydrogen-bond donors (Lipinski definition) is 3. The molecule has 1 amide bonds. The van der Waals surface area contributed by atoms with Crippen LogP contribution in [0.3, 0.4) is 0 Å². The van der Waals surface area contributed by atoms with Gasteiger partial charge >= 0.3 is 5.97 Å². The van der Waals surface area contributed by atoms with Crippen molar-refractivity contribution in [2.24, 2.45) is 0 Å². The molecule has 0 radical (unpaired) electrons. The van der Waals surface area contributed by atoms with Crippen LogP contribution in [0.1, 0.15) is 20.3 Å². The van der Waals surface area contributed by atoms with Crippen LogP contribution in [0.4, 0.5) is 0 Å². The molecule has 0 aromatic heterocycles. The molecule has 0 saturated carbocycles. The second-order valence-corrected chi connectivity index (χ2v) is 2.73. The van der Waals surface area contributed by atoms with Gasteiger partial charge in [0.2, 0.25) is 5.91 Å². The average molecular weight is 188 g/mol. The van der Waals surface area contributed by atoms with Gasteiger partial charge in [-0.3, -0.25) is 9.59 Å². The molecule has 0 aromatic carbocycles. The smallest absolute Gasteiger partial charge is 0.325 e. The normalized spacial score (nSPS) is 12.2. The first-order valence-corrected chi connectivity index (χ1v) is 4.30. The predicted molar refractivity (Wildman–Crippen MR) is 48.4 cm³/mol. The van der Waals surface area contributed by atoms with Crippen LogP contribution < -0.4 is 10.6 Å². The lowest BCUT2D eigenvalue weighted by molar-refractivity contribution is -0.141. The number of amides is 1. The largest absolute Gasteiger partial charge is 0.480 e. The fraction of sp³-hybridized carbons (Fsp3) is 0.750. The molecule has 5 nitrogen and oxygen atoms in total. The molecular weight excluding hydrogens is 172 g/mol. The van der Waals surface area contributed by atoms with E-state index in [-0.39, 0.29) is 5.91 Å². The highest BCUT2D eigenvalue weighted by atomic mass is 16.4. The van der Waals surface area contributed by atoms with E-state index in [1.807, 2.05) is 6.92 Å². The fourth-order valence-electron chi connectivity index (χ4n) is 0.754. The van der Waals surface area contributed by atoms with Crippen molar-refractivity contribution >= 4 is 11.9 Å². The number of carboxylic acid groups (broad SMARTS) is 1. The van der Waals surface area contributed by atoms with E-state index in [9.17, 15) is 9.59 Å². The molecule has 5 heteroatoms. The van der Waals surface area contributed by atoms with Gasteiger partial charge in [-0.05, 0) is 13.5 Å². The summed E-state index contributed by atoms with van der Waals surface area (Å²) in [5.41, 5.74) is 0. The van der Waals surface area contributed by atoms with Gasteiger partial charge in [-0.1, -0.05) is 6.92 Å². The summed E-state index contributed by atoms with van der Waals surface area (Å²) >= 11 is 0. The van der Waals surface area contributed by atoms with E-state index in [1.54, 1.807) is 0 Å². The first kappa shape index (κ1) is 11.9. The minimum Gasteiger partial charge on any atom is -0.480 e. The van der Waals surface area contributed by atoms with Crippen molar-refractivity contribution in [1.29, 1.82) is 0 Å². The number of carbonyl (C=O) groups excluding carboxylic acids is 1. The molecule has 0 aliphatic rings. The van der Waals surface area contributed by atoms with Gasteiger partial charge in [0.05, 0.1) is 0 Å². The van der Waals surface area contributed by atoms with Gasteiger partial charge in [-0.2, -0.15) is 0 Å². The van der Waals surface area contributed by atoms with E-state index in [0.29, 0.717) is 13.0 Å². The summed E-state index contributed by atoms with van der Waals surface area (Å²) in [6.45, 7) is 4.77. The molecule has 76 valence electrons. The Morgan fingerprint density at radius 3 is 2.54 bits per heavy atom. The van der Waals surface area contributed by atoms with Crippen LogP contribution in [0, 0.1) is 0 Å². The minimum absolute atomic E-state index is 0.240. The highest BCUT2D eigenvalue weighted by Crippen LogP contribution is 1.84. The Labute approximate surface area is 77.5 Å². The lowest BCUT2D eigenvalue weighted by Gasteiger charge is -2.08. The maximum Gasteiger partial charge on any atom is 0.325 e. The van der Waals surface area contributed by atoms with E-state index < -0.39 is 12.0 Å². The highest BCUT2D eigenvalue weighted by Gasteiger charge is 2.12. The molecule has 0 bridgehead atoms. The summed E-state index contributed by atoms with van der Waals surface area (Å²) in [6.07, 6.45) is 0.311. The second-order valence-electron chi connectivity index (χ2n) is 2.73. The number of nitrogens with one attached hydrogen (secondary N) is 2. The van der Waals surface area contributed by atoms with Crippen molar-refractivity contribution in [3.8, 4) is 0 Å². The monoisotopic (exact) mass is 188 g/mol. The lowest BCUT2D eigenvalue weighted by Crippen LogP contribution is -2.39. The molecule has 0 aliphatic carbocycles. The number of carboxylic acids is 1. The summed E-state index contributed by atoms with van der Waals surface area (Å²) in [5.74, 6) is -1.26. The van der Waals surface area contributed by atoms with Gasteiger partial charge in [0.25, 0.3) is 0 Å². The molecule has 3 N–H and O–H groups in total. The molecule has 0 spiro atoms. The number of hydrogen-bond acceptors (Lipinski definition) is 3. The Morgan fingerprint density at radius 2 is 2.08 bits per heavy atom. The Balaban J connectivity index is 3.56. The molecule has 0 heterocycles. The zero-order chi connectivity index (χ0) is 10.3. The van der Waals surface area contributed by atoms with Crippen molar-refractivity contribution in [2.75, 3.05) is 13.1 Å². The summed E-state index contributed by atoms with van der Waals surface area (Å²) in [4.78, 5) is 21.4. The van der Waals surface area contributed by atoms with Crippen molar-refractivity contribution < 1.29 is 14.7 Å². The van der Waals surface area contributed by atoms with E-state index >= 15 is 0 Å². The first-order chi connectivity index (χ1) is 6.07. The molecule has 0 fully saturated rings. The van der Waals surface area contributed by atoms with Gasteiger partial charge in [0, 0.05) is 13.0 Å². The summed E-state index contributed by atoms with van der Waals surface area (Å²) in [7, 11) is 0. The second kappa shape index (κ2) is 6.42. The SMILES string of the molecule is CCNCCC(=O)N[C@H](C)C(=O)O. The standard InChI is InChI=1S/C8H16N2O3/c1-3-9-5-4-7(11)10-6(2)8(12)13/h6,9H,3-5H2,1-2H3,(H,10,11)(H,12,13)/t6-/m1/s1. The molecule has 0 rings (SSSR count). The van der Waals surface area contributed by atoms with Crippen molar-refractivity contribution in [3.63, 3.8) is 0 Å². The summed E-state index contributed by atoms with van der Waals surface area (Å²) in [6, 6.07) is -0.811. The van der Waals surface area contributed by atoms with Gasteiger partial charge in [0.1, 0.15) is 6.04 Å². The topological polar surface area (TPSA) is 78.4 Å². The van der Waals surface area contributed by atoms with Crippen molar-refractivity contribution in [2.45, 2.75) is 26.3 Å². The zero-order valence-corrected chi connectivity index (χ0v) is 7.96. The van der Waals surface area contributed by atoms with Crippen LogP contribution in [0.15, 0.2) is 0 Å². The molecule has 0 saturated heterocycles. The third-order valence-electron chi connectivity index (χ3n) is 1.53. The molecule has 0 unspecified atom stereocenters. The van der Waals surface area contributed by atoms with Crippen LogP contribution in [-0.4, -0.2) is 36.1 Å². The Kier molecular flexibility index (Phi) is 5.88. The number of carbonyl (C=O) groups is 2. The molecule has 0 aliphatic heterocycles. The third kappa shape index (κ3) is 6.10. The number of aliphatic carboxylic acids is 1. The van der Waals surface area contributed by atoms with Gasteiger partial charge in [-0.15, -0.1) is 0 Å². The Morgan fingerprint density at radius 1 is 1.46 bits per heavy atom. The predicted octanol–water partition coefficient (Wildman–Crippen LogP) is -0.425. The van der Waals surface area contributed by atoms with Gasteiger partial charge < -0.3 is 15.7 Å². The van der Waals surface area contributed by atoms with Crippen LogP contribution >= 0.6 is 0 Å². The maximum atomic E-state index is 11.0. The number of rotatable bonds is 6. The molecule has 1 atom stereocenters. The Bertz CT molecular complexity index is 182. The van der Waals surface area contributed by atoms with E-state index in [0.717, 1.165) is 6.54 Å². The van der Waals surface area contributed by atoms with Crippen LogP contribution in [0.2, 0.25) is 0 Å². The van der Waals surface area contributed by atoms with E-state index in [2.05, 4.69) is 10.6 Å². The summed E-state index contributed by atoms with van der Waals surface area (Å²) < 4.78 is 0. The quantitative estimate of drug-likeness (QED) is 0.494. The third-order valence-corrected chi connectivity index (χ3v) is 1.53. The van der Waals surface area contributed by atoms with E-state index in [4.69, 9.17) is 5.11 Å². The average Bonchev–Trinajstić information content (AvgIpc) is 2.04. The van der Waals surface area contributed by atoms with Crippen LogP contribution in [0.25, 0.3) is 0 Å². The Hall–Kier alpha value is -1.10. The van der Waals surface area contributed by atoms with Gasteiger partial charge in [-0.25, -0.2) is 0 Å². The van der Waals surface area contributed by atoms with Crippen molar-refractivity contribution in [3.05, 3.63) is 0 Å². The lowest BCUT2D eigenvalue weighted by atomic mass is 10.3. The maximum absolute atomic E-state index is 11.0. The first-order valence-electron chi connectivity index (χ1n) is 4.30. The minimum atomic E-state index is -1.02. The highest BCUT2D eigenvalue weighted by molar-refractivity contribution is 5.83. The molecular formula is C8H16N2O3. The van der Waals surface area contributed by atoms with Gasteiger partial charge in [0.15, 0.2) is 0 Å². The van der Waals surface area contributed by atoms with Crippen LogP contribution in [-0.2, 0) is 9.59 Å². The van der Waals surface area contributed by atoms with Crippen LogP contribution in [0.5, 0.6) is 0 Å². The van der Waals surface area contributed by atoms with Crippen molar-refractivity contribution in [1.82, 2.24) is 10.6 Å². The summed E-state index contributed by atoms with van der Waals surface area (Å²) in [5, 5.41) is 13.8. The van der Waals surface area contributed by atoms with E-state index in [1.165, 1.54) is 6.92 Å².